The number of carbonyl (C=O) groups excluding carboxylic acids is 2. The van der Waals surface area contributed by atoms with Gasteiger partial charge in [0.05, 0.1) is 24.6 Å². The summed E-state index contributed by atoms with van der Waals surface area (Å²) in [6.45, 7) is 4.00. The van der Waals surface area contributed by atoms with Gasteiger partial charge in [-0.1, -0.05) is 38.1 Å². The smallest absolute Gasteiger partial charge is 0.316 e. The molecule has 0 aliphatic carbocycles. The minimum atomic E-state index is -0.731. The van der Waals surface area contributed by atoms with Crippen molar-refractivity contribution in [2.75, 3.05) is 12.4 Å². The number of benzene rings is 2. The van der Waals surface area contributed by atoms with Crippen LogP contribution in [0.3, 0.4) is 0 Å². The van der Waals surface area contributed by atoms with Gasteiger partial charge in [-0.3, -0.25) is 10.2 Å². The van der Waals surface area contributed by atoms with Gasteiger partial charge in [0, 0.05) is 23.8 Å². The third-order valence-corrected chi connectivity index (χ3v) is 3.87. The average molecular weight is 380 g/mol. The number of rotatable bonds is 4. The first-order chi connectivity index (χ1) is 13.6. The quantitative estimate of drug-likeness (QED) is 0.755. The normalized spacial score (nSPS) is 15.2. The monoisotopic (exact) mass is 380 g/mol. The molecule has 7 nitrogen and oxygen atoms in total. The molecule has 4 N–H and O–H groups in total. The van der Waals surface area contributed by atoms with Gasteiger partial charge in [0.1, 0.15) is 5.75 Å². The van der Waals surface area contributed by atoms with E-state index in [9.17, 15) is 9.59 Å². The lowest BCUT2D eigenvalue weighted by Gasteiger charge is -2.14. The Balaban J connectivity index is 0.00000136. The number of hydrogen-bond donors (Lipinski definition) is 3. The van der Waals surface area contributed by atoms with E-state index >= 15 is 0 Å². The average Bonchev–Trinajstić information content (AvgIpc) is 2.68. The summed E-state index contributed by atoms with van der Waals surface area (Å²) in [6.07, 6.45) is 3.51. The highest BCUT2D eigenvalue weighted by molar-refractivity contribution is 6.15. The fourth-order valence-corrected chi connectivity index (χ4v) is 2.69. The van der Waals surface area contributed by atoms with E-state index in [4.69, 9.17) is 10.5 Å². The van der Waals surface area contributed by atoms with Crippen molar-refractivity contribution in [3.63, 3.8) is 0 Å². The summed E-state index contributed by atoms with van der Waals surface area (Å²) in [4.78, 5) is 24.0. The fraction of sp³-hybridized carbons (Fsp3) is 0.190. The first-order valence-electron chi connectivity index (χ1n) is 8.93. The van der Waals surface area contributed by atoms with Crippen molar-refractivity contribution in [2.24, 2.45) is 10.8 Å². The van der Waals surface area contributed by atoms with Crippen molar-refractivity contribution >= 4 is 23.7 Å². The van der Waals surface area contributed by atoms with Crippen LogP contribution in [-0.4, -0.2) is 25.1 Å². The first kappa shape index (κ1) is 20.7. The Morgan fingerprint density at radius 1 is 1.18 bits per heavy atom. The molecule has 28 heavy (non-hydrogen) atoms. The number of nitrogens with zero attached hydrogens (tertiary/aromatic N) is 1. The number of ether oxygens (including phenoxy) is 1. The van der Waals surface area contributed by atoms with Crippen molar-refractivity contribution < 1.29 is 14.3 Å². The summed E-state index contributed by atoms with van der Waals surface area (Å²) in [6, 6.07) is 11.9. The number of hydrogen-bond acceptors (Lipinski definition) is 5. The zero-order valence-corrected chi connectivity index (χ0v) is 16.2. The lowest BCUT2D eigenvalue weighted by atomic mass is 9.99. The number of nitrogens with two attached hydrogens (primary N) is 1. The van der Waals surface area contributed by atoms with E-state index < -0.39 is 6.03 Å². The number of nitrogens with one attached hydrogen (secondary N) is 2. The number of hydrazone groups is 1. The Kier molecular flexibility index (Phi) is 7.33. The van der Waals surface area contributed by atoms with Gasteiger partial charge in [0.15, 0.2) is 5.78 Å². The van der Waals surface area contributed by atoms with E-state index in [1.54, 1.807) is 31.5 Å². The third kappa shape index (κ3) is 5.20. The second-order valence-corrected chi connectivity index (χ2v) is 5.69. The van der Waals surface area contributed by atoms with Gasteiger partial charge in [-0.05, 0) is 23.8 Å². The maximum atomic E-state index is 12.8. The minimum Gasteiger partial charge on any atom is -0.497 e. The van der Waals surface area contributed by atoms with Gasteiger partial charge in [-0.2, -0.15) is 5.10 Å². The van der Waals surface area contributed by atoms with Crippen LogP contribution < -0.4 is 21.2 Å². The molecule has 1 aliphatic heterocycles. The molecule has 0 aromatic heterocycles. The van der Waals surface area contributed by atoms with Crippen LogP contribution in [0.25, 0.3) is 0 Å². The molecule has 1 aliphatic rings. The third-order valence-electron chi connectivity index (χ3n) is 3.87. The number of anilines is 1. The van der Waals surface area contributed by atoms with Crippen LogP contribution >= 0.6 is 0 Å². The molecule has 3 rings (SSSR count). The van der Waals surface area contributed by atoms with Gasteiger partial charge in [-0.15, -0.1) is 0 Å². The van der Waals surface area contributed by atoms with Gasteiger partial charge >= 0.3 is 6.03 Å². The second-order valence-electron chi connectivity index (χ2n) is 5.69. The topological polar surface area (TPSA) is 106 Å². The number of allylic oxidation sites excluding steroid dienone is 2. The molecule has 2 aromatic carbocycles. The molecule has 0 atom stereocenters. The standard InChI is InChI=1S/C19H18N4O3.C2H6/c1-26-15-7-5-12(6-8-15)9-14-10-17(24)18-13(11-21-23-14)3-2-4-16(18)22-19(20)25;1-2/h2-8,10-11,23H,9H2,1H3,(H3,20,22,25);1-2H3/b14-10+,21-11+;. The van der Waals surface area contributed by atoms with E-state index in [0.29, 0.717) is 28.9 Å². The molecular weight excluding hydrogens is 356 g/mol. The Morgan fingerprint density at radius 2 is 1.89 bits per heavy atom. The van der Waals surface area contributed by atoms with E-state index in [-0.39, 0.29) is 5.78 Å². The number of primary amides is 1. The van der Waals surface area contributed by atoms with Crippen molar-refractivity contribution in [3.05, 3.63) is 70.9 Å². The molecule has 0 saturated carbocycles. The lowest BCUT2D eigenvalue weighted by molar-refractivity contribution is 0.104. The number of fused-ring (bicyclic) bond motifs is 1. The number of methoxy groups -OCH3 is 1. The molecule has 2 amide bonds. The highest BCUT2D eigenvalue weighted by Gasteiger charge is 2.17. The summed E-state index contributed by atoms with van der Waals surface area (Å²) >= 11 is 0. The molecule has 0 saturated heterocycles. The summed E-state index contributed by atoms with van der Waals surface area (Å²) < 4.78 is 5.14. The van der Waals surface area contributed by atoms with Crippen molar-refractivity contribution in [3.8, 4) is 5.75 Å². The number of carbonyl (C=O) groups is 2. The molecule has 0 fully saturated rings. The zero-order valence-electron chi connectivity index (χ0n) is 16.2. The number of ketones is 1. The van der Waals surface area contributed by atoms with Gasteiger partial charge in [-0.25, -0.2) is 4.79 Å². The molecule has 0 bridgehead atoms. The van der Waals surface area contributed by atoms with Crippen molar-refractivity contribution in [1.29, 1.82) is 0 Å². The molecular formula is C21H24N4O3. The molecule has 146 valence electrons. The Bertz CT molecular complexity index is 902. The molecule has 0 unspecified atom stereocenters. The van der Waals surface area contributed by atoms with Gasteiger partial charge in [0.2, 0.25) is 0 Å². The highest BCUT2D eigenvalue weighted by Crippen LogP contribution is 2.22. The predicted molar refractivity (Wildman–Crippen MR) is 111 cm³/mol. The van der Waals surface area contributed by atoms with Crippen molar-refractivity contribution in [1.82, 2.24) is 5.43 Å². The summed E-state index contributed by atoms with van der Waals surface area (Å²) in [5, 5.41) is 6.66. The molecule has 1 heterocycles. The summed E-state index contributed by atoms with van der Waals surface area (Å²) in [5.41, 5.74) is 11.0. The molecule has 7 heteroatoms. The Morgan fingerprint density at radius 3 is 2.54 bits per heavy atom. The van der Waals surface area contributed by atoms with E-state index in [2.05, 4.69) is 15.8 Å². The fourth-order valence-electron chi connectivity index (χ4n) is 2.69. The zero-order chi connectivity index (χ0) is 20.5. The summed E-state index contributed by atoms with van der Waals surface area (Å²) in [7, 11) is 1.61. The van der Waals surface area contributed by atoms with Crippen LogP contribution in [0.15, 0.2) is 59.3 Å². The first-order valence-corrected chi connectivity index (χ1v) is 8.93. The maximum absolute atomic E-state index is 12.8. The van der Waals surface area contributed by atoms with Crippen LogP contribution in [0.2, 0.25) is 0 Å². The van der Waals surface area contributed by atoms with Crippen LogP contribution in [-0.2, 0) is 6.42 Å². The van der Waals surface area contributed by atoms with E-state index in [1.807, 2.05) is 38.1 Å². The lowest BCUT2D eigenvalue weighted by Crippen LogP contribution is -2.22. The van der Waals surface area contributed by atoms with Crippen LogP contribution in [0.4, 0.5) is 10.5 Å². The minimum absolute atomic E-state index is 0.244. The van der Waals surface area contributed by atoms with Gasteiger partial charge in [0.25, 0.3) is 0 Å². The summed E-state index contributed by atoms with van der Waals surface area (Å²) in [5.74, 6) is 0.519. The molecule has 0 spiro atoms. The van der Waals surface area contributed by atoms with Crippen LogP contribution in [0.5, 0.6) is 5.75 Å². The highest BCUT2D eigenvalue weighted by atomic mass is 16.5. The second kappa shape index (κ2) is 9.91. The maximum Gasteiger partial charge on any atom is 0.316 e. The Hall–Kier alpha value is -3.61. The SMILES string of the molecule is CC.COc1ccc(C/C2=C\C(=O)c3c(cccc3NC(N)=O)/C=N/N2)cc1. The number of amides is 2. The van der Waals surface area contributed by atoms with E-state index in [1.165, 1.54) is 6.08 Å². The molecule has 2 aromatic rings. The van der Waals surface area contributed by atoms with Crippen LogP contribution in [0, 0.1) is 0 Å². The molecule has 0 radical (unpaired) electrons. The van der Waals surface area contributed by atoms with Crippen LogP contribution in [0.1, 0.15) is 35.3 Å². The largest absolute Gasteiger partial charge is 0.497 e. The van der Waals surface area contributed by atoms with Gasteiger partial charge < -0.3 is 15.8 Å². The van der Waals surface area contributed by atoms with E-state index in [0.717, 1.165) is 11.3 Å². The number of urea groups is 1. The predicted octanol–water partition coefficient (Wildman–Crippen LogP) is 3.46. The van der Waals surface area contributed by atoms with Crippen molar-refractivity contribution in [2.45, 2.75) is 20.3 Å². The Labute approximate surface area is 164 Å².